The molecular formula is C26H27ClFN3O4. The monoisotopic (exact) mass is 499 g/mol. The Hall–Kier alpha value is -3.20. The lowest BCUT2D eigenvalue weighted by atomic mass is 9.88. The molecule has 7 nitrogen and oxygen atoms in total. The molecule has 0 spiro atoms. The van der Waals surface area contributed by atoms with E-state index in [1.807, 2.05) is 18.2 Å². The van der Waals surface area contributed by atoms with Crippen molar-refractivity contribution in [3.05, 3.63) is 77.0 Å². The lowest BCUT2D eigenvalue weighted by molar-refractivity contribution is -0.0166. The molecule has 1 aliphatic heterocycles. The van der Waals surface area contributed by atoms with Crippen molar-refractivity contribution in [3.63, 3.8) is 0 Å². The van der Waals surface area contributed by atoms with Crippen LogP contribution in [-0.4, -0.2) is 47.0 Å². The van der Waals surface area contributed by atoms with Gasteiger partial charge in [-0.3, -0.25) is 0 Å². The first-order valence-corrected chi connectivity index (χ1v) is 11.4. The Labute approximate surface area is 207 Å². The summed E-state index contributed by atoms with van der Waals surface area (Å²) in [6.45, 7) is 1.39. The summed E-state index contributed by atoms with van der Waals surface area (Å²) in [4.78, 5) is 18.4. The number of piperidine rings is 1. The number of para-hydroxylation sites is 1. The average Bonchev–Trinajstić information content (AvgIpc) is 2.86. The number of aliphatic hydroxyl groups is 2. The second-order valence-electron chi connectivity index (χ2n) is 8.74. The van der Waals surface area contributed by atoms with E-state index < -0.39 is 17.8 Å². The Bertz CT molecular complexity index is 1370. The number of pyridine rings is 1. The van der Waals surface area contributed by atoms with E-state index in [1.165, 1.54) is 18.2 Å². The van der Waals surface area contributed by atoms with Crippen LogP contribution in [0.2, 0.25) is 0 Å². The molecule has 2 atom stereocenters. The minimum atomic E-state index is -1.01. The molecule has 1 saturated heterocycles. The highest BCUT2D eigenvalue weighted by atomic mass is 35.5. The van der Waals surface area contributed by atoms with Gasteiger partial charge in [-0.05, 0) is 54.5 Å². The Kier molecular flexibility index (Phi) is 7.54. The SMILES string of the molecule is Cl.O=c1cc(NC[C@@H](O)[C@H](O)C2CCN(c3nccc4ccc(F)cc34)CC2)c2ccccc2o1. The predicted molar refractivity (Wildman–Crippen MR) is 137 cm³/mol. The van der Waals surface area contributed by atoms with Crippen LogP contribution in [0, 0.1) is 11.7 Å². The van der Waals surface area contributed by atoms with Crippen LogP contribution in [0.1, 0.15) is 12.8 Å². The van der Waals surface area contributed by atoms with Crippen LogP contribution >= 0.6 is 12.4 Å². The van der Waals surface area contributed by atoms with E-state index in [1.54, 1.807) is 24.4 Å². The number of hydrogen-bond acceptors (Lipinski definition) is 7. The van der Waals surface area contributed by atoms with Crippen LogP contribution in [0.5, 0.6) is 0 Å². The molecule has 184 valence electrons. The van der Waals surface area contributed by atoms with Gasteiger partial charge in [0.05, 0.1) is 17.9 Å². The first kappa shape index (κ1) is 24.9. The molecule has 0 saturated carbocycles. The standard InChI is InChI=1S/C26H26FN3O4.ClH/c27-18-6-5-16-7-10-28-26(20(16)13-18)30-11-8-17(9-12-30)25(33)22(31)15-29-21-14-24(32)34-23-4-2-1-3-19(21)23;/h1-7,10,13-14,17,22,25,29,31,33H,8-9,11-12,15H2;1H/t22-,25-;/m1./s1. The molecular weight excluding hydrogens is 473 g/mol. The second kappa shape index (κ2) is 10.6. The predicted octanol–water partition coefficient (Wildman–Crippen LogP) is 3.95. The van der Waals surface area contributed by atoms with Crippen molar-refractivity contribution in [3.8, 4) is 0 Å². The maximum atomic E-state index is 13.8. The van der Waals surface area contributed by atoms with Gasteiger partial charge in [0.15, 0.2) is 0 Å². The lowest BCUT2D eigenvalue weighted by Gasteiger charge is -2.36. The number of aromatic nitrogens is 1. The fraction of sp³-hybridized carbons (Fsp3) is 0.308. The number of rotatable bonds is 6. The van der Waals surface area contributed by atoms with Gasteiger partial charge in [-0.1, -0.05) is 18.2 Å². The van der Waals surface area contributed by atoms with Gasteiger partial charge in [0.25, 0.3) is 0 Å². The molecule has 0 aliphatic carbocycles. The fourth-order valence-electron chi connectivity index (χ4n) is 4.74. The highest BCUT2D eigenvalue weighted by Gasteiger charge is 2.30. The lowest BCUT2D eigenvalue weighted by Crippen LogP contribution is -2.44. The Morgan fingerprint density at radius 3 is 2.66 bits per heavy atom. The summed E-state index contributed by atoms with van der Waals surface area (Å²) in [5.41, 5.74) is 0.537. The molecule has 2 aromatic heterocycles. The van der Waals surface area contributed by atoms with Crippen molar-refractivity contribution in [1.29, 1.82) is 0 Å². The van der Waals surface area contributed by atoms with Gasteiger partial charge >= 0.3 is 5.63 Å². The van der Waals surface area contributed by atoms with Gasteiger partial charge in [0.1, 0.15) is 17.2 Å². The van der Waals surface area contributed by atoms with E-state index in [4.69, 9.17) is 4.42 Å². The number of halogens is 2. The summed E-state index contributed by atoms with van der Waals surface area (Å²) in [7, 11) is 0. The van der Waals surface area contributed by atoms with Crippen molar-refractivity contribution in [1.82, 2.24) is 4.98 Å². The van der Waals surface area contributed by atoms with Crippen molar-refractivity contribution < 1.29 is 19.0 Å². The number of nitrogens with zero attached hydrogens (tertiary/aromatic N) is 2. The molecule has 0 amide bonds. The van der Waals surface area contributed by atoms with Crippen LogP contribution in [0.4, 0.5) is 15.9 Å². The van der Waals surface area contributed by atoms with Gasteiger partial charge < -0.3 is 24.8 Å². The normalized spacial score (nSPS) is 16.1. The first-order valence-electron chi connectivity index (χ1n) is 11.4. The minimum absolute atomic E-state index is 0. The maximum Gasteiger partial charge on any atom is 0.338 e. The van der Waals surface area contributed by atoms with E-state index >= 15 is 0 Å². The molecule has 2 aromatic carbocycles. The largest absolute Gasteiger partial charge is 0.423 e. The van der Waals surface area contributed by atoms with Gasteiger partial charge in [-0.2, -0.15) is 0 Å². The van der Waals surface area contributed by atoms with Crippen LogP contribution in [-0.2, 0) is 0 Å². The van der Waals surface area contributed by atoms with E-state index in [2.05, 4.69) is 15.2 Å². The topological polar surface area (TPSA) is 98.8 Å². The summed E-state index contributed by atoms with van der Waals surface area (Å²) < 4.78 is 19.0. The highest BCUT2D eigenvalue weighted by Crippen LogP contribution is 2.30. The molecule has 4 aromatic rings. The number of aliphatic hydroxyl groups excluding tert-OH is 2. The van der Waals surface area contributed by atoms with E-state index in [0.717, 1.165) is 22.0 Å². The molecule has 0 radical (unpaired) electrons. The van der Waals surface area contributed by atoms with Crippen molar-refractivity contribution in [2.75, 3.05) is 29.9 Å². The smallest absolute Gasteiger partial charge is 0.338 e. The number of hydrogen-bond donors (Lipinski definition) is 3. The molecule has 35 heavy (non-hydrogen) atoms. The van der Waals surface area contributed by atoms with Crippen molar-refractivity contribution >= 4 is 45.7 Å². The first-order chi connectivity index (χ1) is 16.5. The molecule has 1 aliphatic rings. The van der Waals surface area contributed by atoms with Crippen LogP contribution in [0.15, 0.2) is 70.0 Å². The fourth-order valence-corrected chi connectivity index (χ4v) is 4.74. The summed E-state index contributed by atoms with van der Waals surface area (Å²) >= 11 is 0. The summed E-state index contributed by atoms with van der Waals surface area (Å²) in [6.07, 6.45) is 1.14. The van der Waals surface area contributed by atoms with Crippen LogP contribution in [0.3, 0.4) is 0 Å². The summed E-state index contributed by atoms with van der Waals surface area (Å²) in [5.74, 6) is 0.353. The highest BCUT2D eigenvalue weighted by molar-refractivity contribution is 5.92. The zero-order valence-corrected chi connectivity index (χ0v) is 19.7. The molecule has 0 bridgehead atoms. The van der Waals surface area contributed by atoms with E-state index in [-0.39, 0.29) is 30.7 Å². The second-order valence-corrected chi connectivity index (χ2v) is 8.74. The number of anilines is 2. The van der Waals surface area contributed by atoms with Crippen molar-refractivity contribution in [2.24, 2.45) is 5.92 Å². The average molecular weight is 500 g/mol. The molecule has 0 unspecified atom stereocenters. The third-order valence-corrected chi connectivity index (χ3v) is 6.58. The molecule has 5 rings (SSSR count). The van der Waals surface area contributed by atoms with E-state index in [0.29, 0.717) is 37.2 Å². The van der Waals surface area contributed by atoms with Gasteiger partial charge in [-0.15, -0.1) is 12.4 Å². The number of benzene rings is 2. The molecule has 9 heteroatoms. The van der Waals surface area contributed by atoms with Gasteiger partial charge in [0, 0.05) is 42.7 Å². The molecule has 1 fully saturated rings. The molecule has 3 N–H and O–H groups in total. The quantitative estimate of drug-likeness (QED) is 0.345. The zero-order valence-electron chi connectivity index (χ0n) is 18.9. The number of nitrogens with one attached hydrogen (secondary N) is 1. The Morgan fingerprint density at radius 1 is 1.09 bits per heavy atom. The van der Waals surface area contributed by atoms with Gasteiger partial charge in [0.2, 0.25) is 0 Å². The Morgan fingerprint density at radius 2 is 1.86 bits per heavy atom. The molecule has 3 heterocycles. The third kappa shape index (κ3) is 5.24. The summed E-state index contributed by atoms with van der Waals surface area (Å²) in [6, 6.07) is 15.0. The maximum absolute atomic E-state index is 13.8. The Balaban J connectivity index is 0.00000289. The third-order valence-electron chi connectivity index (χ3n) is 6.58. The van der Waals surface area contributed by atoms with Crippen molar-refractivity contribution in [2.45, 2.75) is 25.0 Å². The van der Waals surface area contributed by atoms with E-state index in [9.17, 15) is 19.4 Å². The minimum Gasteiger partial charge on any atom is -0.423 e. The zero-order chi connectivity index (χ0) is 23.7. The van der Waals surface area contributed by atoms with Gasteiger partial charge in [-0.25, -0.2) is 14.2 Å². The summed E-state index contributed by atoms with van der Waals surface area (Å²) in [5, 5.41) is 27.0. The van der Waals surface area contributed by atoms with Crippen LogP contribution < -0.4 is 15.8 Å². The number of fused-ring (bicyclic) bond motifs is 2. The van der Waals surface area contributed by atoms with Crippen LogP contribution in [0.25, 0.3) is 21.7 Å².